The highest BCUT2D eigenvalue weighted by molar-refractivity contribution is 5.99. The lowest BCUT2D eigenvalue weighted by Crippen LogP contribution is -2.04. The Morgan fingerprint density at radius 2 is 2.29 bits per heavy atom. The van der Waals surface area contributed by atoms with E-state index in [1.165, 1.54) is 5.56 Å². The van der Waals surface area contributed by atoms with Crippen LogP contribution in [0.3, 0.4) is 0 Å². The monoisotopic (exact) mass is 186 g/mol. The zero-order valence-electron chi connectivity index (χ0n) is 8.42. The van der Waals surface area contributed by atoms with Crippen molar-refractivity contribution in [2.45, 2.75) is 26.2 Å². The molecule has 0 N–H and O–H groups in total. The van der Waals surface area contributed by atoms with Crippen LogP contribution in [0.4, 0.5) is 0 Å². The standard InChI is InChI=1S/C13H14O/c1-2-13(14)12-9-5-7-10-6-3-4-8-11(10)12/h4-5,7-9H,2-3,6H2,1H3. The molecule has 0 amide bonds. The van der Waals surface area contributed by atoms with Crippen LogP contribution in [0.1, 0.15) is 41.3 Å². The summed E-state index contributed by atoms with van der Waals surface area (Å²) < 4.78 is 0. The maximum Gasteiger partial charge on any atom is 0.163 e. The number of ketones is 1. The summed E-state index contributed by atoms with van der Waals surface area (Å²) in [6.45, 7) is 1.91. The first kappa shape index (κ1) is 9.20. The highest BCUT2D eigenvalue weighted by atomic mass is 16.1. The van der Waals surface area contributed by atoms with E-state index in [-0.39, 0.29) is 5.78 Å². The van der Waals surface area contributed by atoms with Crippen LogP contribution < -0.4 is 0 Å². The fourth-order valence-corrected chi connectivity index (χ4v) is 1.90. The van der Waals surface area contributed by atoms with E-state index < -0.39 is 0 Å². The van der Waals surface area contributed by atoms with Gasteiger partial charge in [-0.1, -0.05) is 37.3 Å². The Morgan fingerprint density at radius 1 is 1.43 bits per heavy atom. The third-order valence-corrected chi connectivity index (χ3v) is 2.68. The van der Waals surface area contributed by atoms with E-state index >= 15 is 0 Å². The maximum atomic E-state index is 11.7. The van der Waals surface area contributed by atoms with E-state index in [1.54, 1.807) is 0 Å². The summed E-state index contributed by atoms with van der Waals surface area (Å²) in [5.74, 6) is 0.244. The van der Waals surface area contributed by atoms with Crippen molar-refractivity contribution in [3.63, 3.8) is 0 Å². The second-order valence-corrected chi connectivity index (χ2v) is 3.60. The number of carbonyl (C=O) groups is 1. The molecule has 0 heterocycles. The van der Waals surface area contributed by atoms with Crippen LogP contribution in [0.25, 0.3) is 6.08 Å². The summed E-state index contributed by atoms with van der Waals surface area (Å²) in [5.41, 5.74) is 3.35. The Hall–Kier alpha value is -1.37. The Morgan fingerprint density at radius 3 is 3.07 bits per heavy atom. The van der Waals surface area contributed by atoms with Crippen LogP contribution in [-0.4, -0.2) is 5.78 Å². The second kappa shape index (κ2) is 3.79. The molecule has 0 spiro atoms. The lowest BCUT2D eigenvalue weighted by Gasteiger charge is -2.13. The number of hydrogen-bond donors (Lipinski definition) is 0. The van der Waals surface area contributed by atoms with Gasteiger partial charge in [0.2, 0.25) is 0 Å². The number of rotatable bonds is 2. The van der Waals surface area contributed by atoms with Crippen molar-refractivity contribution < 1.29 is 4.79 Å². The molecule has 0 unspecified atom stereocenters. The van der Waals surface area contributed by atoms with Crippen LogP contribution in [0, 0.1) is 0 Å². The van der Waals surface area contributed by atoms with Crippen molar-refractivity contribution >= 4 is 11.9 Å². The Kier molecular flexibility index (Phi) is 2.49. The van der Waals surface area contributed by atoms with Gasteiger partial charge in [0.15, 0.2) is 5.78 Å². The Labute approximate surface area is 84.5 Å². The molecule has 1 aliphatic carbocycles. The minimum atomic E-state index is 0.244. The van der Waals surface area contributed by atoms with Crippen molar-refractivity contribution in [3.05, 3.63) is 41.0 Å². The molecule has 0 bridgehead atoms. The Balaban J connectivity index is 2.52. The van der Waals surface area contributed by atoms with Gasteiger partial charge in [-0.05, 0) is 24.0 Å². The molecule has 0 saturated heterocycles. The fourth-order valence-electron chi connectivity index (χ4n) is 1.90. The van der Waals surface area contributed by atoms with Gasteiger partial charge in [-0.2, -0.15) is 0 Å². The molecule has 0 saturated carbocycles. The van der Waals surface area contributed by atoms with E-state index in [4.69, 9.17) is 0 Å². The molecule has 1 aliphatic rings. The van der Waals surface area contributed by atoms with Crippen molar-refractivity contribution in [3.8, 4) is 0 Å². The van der Waals surface area contributed by atoms with Crippen LogP contribution in [0.2, 0.25) is 0 Å². The molecule has 72 valence electrons. The molecular weight excluding hydrogens is 172 g/mol. The highest BCUT2D eigenvalue weighted by Crippen LogP contribution is 2.23. The van der Waals surface area contributed by atoms with Crippen LogP contribution in [-0.2, 0) is 6.42 Å². The van der Waals surface area contributed by atoms with Gasteiger partial charge in [-0.3, -0.25) is 4.79 Å². The zero-order valence-corrected chi connectivity index (χ0v) is 8.42. The molecule has 1 heteroatoms. The summed E-state index contributed by atoms with van der Waals surface area (Å²) in [7, 11) is 0. The topological polar surface area (TPSA) is 17.1 Å². The van der Waals surface area contributed by atoms with Crippen LogP contribution in [0.5, 0.6) is 0 Å². The largest absolute Gasteiger partial charge is 0.294 e. The molecule has 1 aromatic rings. The summed E-state index contributed by atoms with van der Waals surface area (Å²) in [4.78, 5) is 11.7. The van der Waals surface area contributed by atoms with Gasteiger partial charge in [0.1, 0.15) is 0 Å². The van der Waals surface area contributed by atoms with Crippen molar-refractivity contribution in [2.75, 3.05) is 0 Å². The molecule has 0 aliphatic heterocycles. The number of allylic oxidation sites excluding steroid dienone is 1. The number of benzene rings is 1. The molecule has 2 rings (SSSR count). The fraction of sp³-hybridized carbons (Fsp3) is 0.308. The van der Waals surface area contributed by atoms with E-state index in [1.807, 2.05) is 19.1 Å². The predicted octanol–water partition coefficient (Wildman–Crippen LogP) is 3.24. The highest BCUT2D eigenvalue weighted by Gasteiger charge is 2.12. The normalized spacial score (nSPS) is 13.8. The van der Waals surface area contributed by atoms with Gasteiger partial charge in [-0.15, -0.1) is 0 Å². The minimum Gasteiger partial charge on any atom is -0.294 e. The average molecular weight is 186 g/mol. The maximum absolute atomic E-state index is 11.7. The van der Waals surface area contributed by atoms with Gasteiger partial charge in [-0.25, -0.2) is 0 Å². The number of fused-ring (bicyclic) bond motifs is 1. The number of carbonyl (C=O) groups excluding carboxylic acids is 1. The molecule has 0 radical (unpaired) electrons. The summed E-state index contributed by atoms with van der Waals surface area (Å²) in [6, 6.07) is 6.03. The minimum absolute atomic E-state index is 0.244. The zero-order chi connectivity index (χ0) is 9.97. The first-order chi connectivity index (χ1) is 6.83. The van der Waals surface area contributed by atoms with E-state index in [0.717, 1.165) is 24.0 Å². The first-order valence-electron chi connectivity index (χ1n) is 5.14. The van der Waals surface area contributed by atoms with Gasteiger partial charge in [0, 0.05) is 12.0 Å². The van der Waals surface area contributed by atoms with Gasteiger partial charge >= 0.3 is 0 Å². The SMILES string of the molecule is CCC(=O)c1cccc2c1C=CCC2. The summed E-state index contributed by atoms with van der Waals surface area (Å²) in [5, 5.41) is 0. The first-order valence-corrected chi connectivity index (χ1v) is 5.14. The Bertz CT molecular complexity index is 388. The average Bonchev–Trinajstić information content (AvgIpc) is 2.27. The summed E-state index contributed by atoms with van der Waals surface area (Å²) in [6.07, 6.45) is 6.98. The molecule has 1 aromatic carbocycles. The van der Waals surface area contributed by atoms with Crippen LogP contribution >= 0.6 is 0 Å². The van der Waals surface area contributed by atoms with Gasteiger partial charge < -0.3 is 0 Å². The lowest BCUT2D eigenvalue weighted by molar-refractivity contribution is 0.0988. The molecule has 14 heavy (non-hydrogen) atoms. The second-order valence-electron chi connectivity index (χ2n) is 3.60. The third-order valence-electron chi connectivity index (χ3n) is 2.68. The van der Waals surface area contributed by atoms with E-state index in [2.05, 4.69) is 18.2 Å². The number of Topliss-reactive ketones (excluding diaryl/α,β-unsaturated/α-hetero) is 1. The molecule has 0 atom stereocenters. The summed E-state index contributed by atoms with van der Waals surface area (Å²) >= 11 is 0. The third kappa shape index (κ3) is 1.50. The lowest BCUT2D eigenvalue weighted by atomic mass is 9.91. The number of hydrogen-bond acceptors (Lipinski definition) is 1. The van der Waals surface area contributed by atoms with Gasteiger partial charge in [0.05, 0.1) is 0 Å². The van der Waals surface area contributed by atoms with E-state index in [9.17, 15) is 4.79 Å². The van der Waals surface area contributed by atoms with Gasteiger partial charge in [0.25, 0.3) is 0 Å². The molecule has 0 aromatic heterocycles. The molecular formula is C13H14O. The van der Waals surface area contributed by atoms with Crippen LogP contribution in [0.15, 0.2) is 24.3 Å². The van der Waals surface area contributed by atoms with Crippen molar-refractivity contribution in [1.82, 2.24) is 0 Å². The van der Waals surface area contributed by atoms with Crippen molar-refractivity contribution in [1.29, 1.82) is 0 Å². The molecule has 0 fully saturated rings. The molecule has 1 nitrogen and oxygen atoms in total. The van der Waals surface area contributed by atoms with E-state index in [0.29, 0.717) is 6.42 Å². The predicted molar refractivity (Wildman–Crippen MR) is 58.4 cm³/mol. The quantitative estimate of drug-likeness (QED) is 0.648. The smallest absolute Gasteiger partial charge is 0.163 e. The number of aryl methyl sites for hydroxylation is 1. The van der Waals surface area contributed by atoms with Crippen molar-refractivity contribution in [2.24, 2.45) is 0 Å².